The first-order valence-corrected chi connectivity index (χ1v) is 9.07. The summed E-state index contributed by atoms with van der Waals surface area (Å²) in [5.74, 6) is -0.357. The number of nitrogens with one attached hydrogen (secondary N) is 2. The standard InChI is InChI=1S/C19H23BrN2O2/c1-5-12-9-8-10-13(6-2)17(12)22-19(24)15-14(7-3)21-11(4)16(20)18(15)23/h8-10H,5-7H2,1-4H3,(H,21,23)(H,22,24). The Bertz CT molecular complexity index is 803. The fourth-order valence-electron chi connectivity index (χ4n) is 2.85. The smallest absolute Gasteiger partial charge is 0.261 e. The summed E-state index contributed by atoms with van der Waals surface area (Å²) < 4.78 is 0.407. The summed E-state index contributed by atoms with van der Waals surface area (Å²) in [5, 5.41) is 2.98. The van der Waals surface area contributed by atoms with Crippen molar-refractivity contribution in [2.75, 3.05) is 5.32 Å². The molecule has 0 saturated heterocycles. The van der Waals surface area contributed by atoms with Gasteiger partial charge in [0.25, 0.3) is 5.91 Å². The van der Waals surface area contributed by atoms with Gasteiger partial charge in [-0.1, -0.05) is 39.0 Å². The minimum absolute atomic E-state index is 0.183. The van der Waals surface area contributed by atoms with Gasteiger partial charge < -0.3 is 10.3 Å². The Morgan fingerprint density at radius 2 is 1.71 bits per heavy atom. The largest absolute Gasteiger partial charge is 0.361 e. The van der Waals surface area contributed by atoms with Crippen molar-refractivity contribution in [3.63, 3.8) is 0 Å². The fourth-order valence-corrected chi connectivity index (χ4v) is 3.14. The van der Waals surface area contributed by atoms with Crippen LogP contribution in [0.15, 0.2) is 27.5 Å². The number of hydrogen-bond donors (Lipinski definition) is 2. The van der Waals surface area contributed by atoms with Gasteiger partial charge in [0, 0.05) is 17.1 Å². The number of H-pyrrole nitrogens is 1. The number of hydrogen-bond acceptors (Lipinski definition) is 2. The molecule has 1 aromatic carbocycles. The highest BCUT2D eigenvalue weighted by Gasteiger charge is 2.20. The molecule has 2 rings (SSSR count). The number of carbonyl (C=O) groups excluding carboxylic acids is 1. The second kappa shape index (κ2) is 7.79. The average Bonchev–Trinajstić information content (AvgIpc) is 2.59. The van der Waals surface area contributed by atoms with E-state index < -0.39 is 0 Å². The molecule has 1 heterocycles. The first-order chi connectivity index (χ1) is 11.4. The molecule has 0 fully saturated rings. The molecular formula is C19H23BrN2O2. The van der Waals surface area contributed by atoms with Crippen molar-refractivity contribution in [3.8, 4) is 0 Å². The molecule has 0 radical (unpaired) electrons. The number of amides is 1. The molecule has 2 N–H and O–H groups in total. The monoisotopic (exact) mass is 390 g/mol. The fraction of sp³-hybridized carbons (Fsp3) is 0.368. The second-order valence-electron chi connectivity index (χ2n) is 5.71. The highest BCUT2D eigenvalue weighted by molar-refractivity contribution is 9.10. The van der Waals surface area contributed by atoms with Crippen LogP contribution in [0.4, 0.5) is 5.69 Å². The Morgan fingerprint density at radius 3 is 2.21 bits per heavy atom. The molecule has 0 spiro atoms. The lowest BCUT2D eigenvalue weighted by molar-refractivity contribution is 0.102. The van der Waals surface area contributed by atoms with Crippen LogP contribution in [-0.4, -0.2) is 10.9 Å². The normalized spacial score (nSPS) is 10.7. The minimum atomic E-state index is -0.357. The number of carbonyl (C=O) groups is 1. The van der Waals surface area contributed by atoms with Crippen molar-refractivity contribution in [1.82, 2.24) is 4.98 Å². The third kappa shape index (κ3) is 3.46. The van der Waals surface area contributed by atoms with Crippen LogP contribution >= 0.6 is 15.9 Å². The lowest BCUT2D eigenvalue weighted by atomic mass is 10.0. The number of para-hydroxylation sites is 1. The number of aromatic nitrogens is 1. The van der Waals surface area contributed by atoms with Crippen LogP contribution in [0.2, 0.25) is 0 Å². The SMILES string of the molecule is CCc1cccc(CC)c1NC(=O)c1c(CC)[nH]c(C)c(Br)c1=O. The van der Waals surface area contributed by atoms with E-state index in [0.29, 0.717) is 16.6 Å². The van der Waals surface area contributed by atoms with Crippen molar-refractivity contribution < 1.29 is 4.79 Å². The third-order valence-corrected chi connectivity index (χ3v) is 5.17. The summed E-state index contributed by atoms with van der Waals surface area (Å²) in [5.41, 5.74) is 4.27. The molecule has 0 atom stereocenters. The zero-order chi connectivity index (χ0) is 17.9. The topological polar surface area (TPSA) is 62.0 Å². The lowest BCUT2D eigenvalue weighted by Crippen LogP contribution is -2.26. The Labute approximate surface area is 150 Å². The van der Waals surface area contributed by atoms with Crippen LogP contribution in [0.1, 0.15) is 53.6 Å². The number of halogens is 1. The maximum Gasteiger partial charge on any atom is 0.261 e. The number of benzene rings is 1. The van der Waals surface area contributed by atoms with Gasteiger partial charge in [0.05, 0.1) is 4.47 Å². The number of rotatable bonds is 5. The number of pyridine rings is 1. The Morgan fingerprint density at radius 1 is 1.12 bits per heavy atom. The van der Waals surface area contributed by atoms with E-state index in [-0.39, 0.29) is 16.9 Å². The molecule has 2 aromatic rings. The molecule has 4 nitrogen and oxygen atoms in total. The van der Waals surface area contributed by atoms with Gasteiger partial charge in [-0.3, -0.25) is 9.59 Å². The average molecular weight is 391 g/mol. The molecule has 5 heteroatoms. The summed E-state index contributed by atoms with van der Waals surface area (Å²) in [7, 11) is 0. The van der Waals surface area contributed by atoms with E-state index in [2.05, 4.69) is 40.1 Å². The molecule has 0 saturated carbocycles. The van der Waals surface area contributed by atoms with Gasteiger partial charge in [0.1, 0.15) is 5.56 Å². The van der Waals surface area contributed by atoms with Crippen LogP contribution in [0.3, 0.4) is 0 Å². The zero-order valence-corrected chi connectivity index (χ0v) is 16.1. The zero-order valence-electron chi connectivity index (χ0n) is 14.5. The molecule has 128 valence electrons. The maximum atomic E-state index is 12.9. The minimum Gasteiger partial charge on any atom is -0.361 e. The van der Waals surface area contributed by atoms with Gasteiger partial charge in [-0.25, -0.2) is 0 Å². The summed E-state index contributed by atoms with van der Waals surface area (Å²) >= 11 is 3.28. The highest BCUT2D eigenvalue weighted by Crippen LogP contribution is 2.24. The molecule has 0 unspecified atom stereocenters. The van der Waals surface area contributed by atoms with Gasteiger partial charge in [-0.05, 0) is 53.2 Å². The second-order valence-corrected chi connectivity index (χ2v) is 6.51. The van der Waals surface area contributed by atoms with Crippen LogP contribution in [0, 0.1) is 6.92 Å². The van der Waals surface area contributed by atoms with Crippen molar-refractivity contribution in [2.45, 2.75) is 47.0 Å². The Kier molecular flexibility index (Phi) is 5.99. The van der Waals surface area contributed by atoms with Crippen LogP contribution in [0.5, 0.6) is 0 Å². The van der Waals surface area contributed by atoms with Gasteiger partial charge in [0.2, 0.25) is 5.43 Å². The first-order valence-electron chi connectivity index (χ1n) is 8.27. The highest BCUT2D eigenvalue weighted by atomic mass is 79.9. The van der Waals surface area contributed by atoms with E-state index in [0.717, 1.165) is 35.3 Å². The lowest BCUT2D eigenvalue weighted by Gasteiger charge is -2.16. The third-order valence-electron chi connectivity index (χ3n) is 4.21. The molecule has 0 aliphatic rings. The van der Waals surface area contributed by atoms with Crippen molar-refractivity contribution >= 4 is 27.5 Å². The summed E-state index contributed by atoms with van der Waals surface area (Å²) in [6.07, 6.45) is 2.22. The predicted molar refractivity (Wildman–Crippen MR) is 102 cm³/mol. The van der Waals surface area contributed by atoms with E-state index in [1.165, 1.54) is 0 Å². The Hall–Kier alpha value is -1.88. The van der Waals surface area contributed by atoms with Crippen LogP contribution in [0.25, 0.3) is 0 Å². The van der Waals surface area contributed by atoms with Gasteiger partial charge >= 0.3 is 0 Å². The quantitative estimate of drug-likeness (QED) is 0.795. The van der Waals surface area contributed by atoms with E-state index >= 15 is 0 Å². The first kappa shape index (κ1) is 18.5. The summed E-state index contributed by atoms with van der Waals surface area (Å²) in [4.78, 5) is 28.6. The van der Waals surface area contributed by atoms with E-state index in [4.69, 9.17) is 0 Å². The van der Waals surface area contributed by atoms with E-state index in [1.54, 1.807) is 0 Å². The van der Waals surface area contributed by atoms with Gasteiger partial charge in [0.15, 0.2) is 0 Å². The molecular weight excluding hydrogens is 368 g/mol. The summed E-state index contributed by atoms with van der Waals surface area (Å²) in [6, 6.07) is 6.01. The molecule has 0 aliphatic carbocycles. The molecule has 24 heavy (non-hydrogen) atoms. The van der Waals surface area contributed by atoms with Crippen LogP contribution < -0.4 is 10.7 Å². The van der Waals surface area contributed by atoms with Crippen molar-refractivity contribution in [3.05, 3.63) is 61.0 Å². The van der Waals surface area contributed by atoms with E-state index in [1.807, 2.05) is 32.0 Å². The van der Waals surface area contributed by atoms with Crippen LogP contribution in [-0.2, 0) is 19.3 Å². The maximum absolute atomic E-state index is 12.9. The van der Waals surface area contributed by atoms with Gasteiger partial charge in [-0.2, -0.15) is 0 Å². The summed E-state index contributed by atoms with van der Waals surface area (Å²) in [6.45, 7) is 7.84. The number of aryl methyl sites for hydroxylation is 4. The molecule has 0 bridgehead atoms. The molecule has 0 aliphatic heterocycles. The number of anilines is 1. The predicted octanol–water partition coefficient (Wildman–Crippen LogP) is 4.39. The van der Waals surface area contributed by atoms with E-state index in [9.17, 15) is 9.59 Å². The van der Waals surface area contributed by atoms with Crippen molar-refractivity contribution in [2.24, 2.45) is 0 Å². The number of aromatic amines is 1. The van der Waals surface area contributed by atoms with Gasteiger partial charge in [-0.15, -0.1) is 0 Å². The Balaban J connectivity index is 2.53. The molecule has 1 aromatic heterocycles. The molecule has 1 amide bonds. The van der Waals surface area contributed by atoms with Crippen molar-refractivity contribution in [1.29, 1.82) is 0 Å².